The Labute approximate surface area is 124 Å². The Morgan fingerprint density at radius 2 is 2.21 bits per heavy atom. The molecule has 2 N–H and O–H groups in total. The number of likely N-dealkylation sites (tertiary alicyclic amines) is 1. The number of thiophene rings is 1. The molecular formula is C14H21ClN2OS. The first kappa shape index (κ1) is 14.8. The summed E-state index contributed by atoms with van der Waals surface area (Å²) in [6.07, 6.45) is 5.41. The van der Waals surface area contributed by atoms with E-state index in [1.54, 1.807) is 11.3 Å². The molecule has 0 bridgehead atoms. The second-order valence-electron chi connectivity index (χ2n) is 5.43. The van der Waals surface area contributed by atoms with Crippen molar-refractivity contribution in [2.45, 2.75) is 44.1 Å². The Morgan fingerprint density at radius 3 is 3.00 bits per heavy atom. The van der Waals surface area contributed by atoms with E-state index in [1.165, 1.54) is 10.4 Å². The fourth-order valence-electron chi connectivity index (χ4n) is 3.17. The topological polar surface area (TPSA) is 46.3 Å². The summed E-state index contributed by atoms with van der Waals surface area (Å²) in [5.41, 5.74) is 7.26. The first-order chi connectivity index (χ1) is 8.75. The lowest BCUT2D eigenvalue weighted by molar-refractivity contribution is -0.134. The predicted molar refractivity (Wildman–Crippen MR) is 81.0 cm³/mol. The number of rotatable bonds is 1. The van der Waals surface area contributed by atoms with Gasteiger partial charge in [-0.05, 0) is 49.1 Å². The van der Waals surface area contributed by atoms with Gasteiger partial charge in [0.25, 0.3) is 0 Å². The number of carbonyl (C=O) groups is 1. The maximum absolute atomic E-state index is 12.6. The fraction of sp³-hybridized carbons (Fsp3) is 0.643. The van der Waals surface area contributed by atoms with E-state index in [2.05, 4.69) is 11.4 Å². The lowest BCUT2D eigenvalue weighted by atomic mass is 9.86. The molecule has 2 heterocycles. The van der Waals surface area contributed by atoms with Crippen LogP contribution in [0.3, 0.4) is 0 Å². The highest BCUT2D eigenvalue weighted by atomic mass is 35.5. The van der Waals surface area contributed by atoms with Crippen LogP contribution in [0.2, 0.25) is 0 Å². The summed E-state index contributed by atoms with van der Waals surface area (Å²) < 4.78 is 0. The molecule has 5 heteroatoms. The van der Waals surface area contributed by atoms with E-state index < -0.39 is 0 Å². The van der Waals surface area contributed by atoms with Crippen LogP contribution < -0.4 is 5.73 Å². The van der Waals surface area contributed by atoms with Crippen LogP contribution in [0.5, 0.6) is 0 Å². The van der Waals surface area contributed by atoms with Crippen LogP contribution in [0.25, 0.3) is 0 Å². The minimum absolute atomic E-state index is 0. The van der Waals surface area contributed by atoms with Crippen LogP contribution in [0.15, 0.2) is 11.4 Å². The summed E-state index contributed by atoms with van der Waals surface area (Å²) >= 11 is 1.80. The highest BCUT2D eigenvalue weighted by Crippen LogP contribution is 2.36. The molecule has 1 saturated heterocycles. The molecule has 0 radical (unpaired) electrons. The molecule has 3 rings (SSSR count). The average molecular weight is 301 g/mol. The summed E-state index contributed by atoms with van der Waals surface area (Å²) in [5, 5.41) is 2.12. The molecule has 3 nitrogen and oxygen atoms in total. The molecule has 19 heavy (non-hydrogen) atoms. The highest BCUT2D eigenvalue weighted by molar-refractivity contribution is 7.10. The van der Waals surface area contributed by atoms with Crippen LogP contribution in [0, 0.1) is 0 Å². The van der Waals surface area contributed by atoms with Crippen molar-refractivity contribution in [3.05, 3.63) is 21.9 Å². The lowest BCUT2D eigenvalue weighted by Crippen LogP contribution is -2.47. The molecule has 2 atom stereocenters. The second kappa shape index (κ2) is 6.25. The minimum Gasteiger partial charge on any atom is -0.341 e. The molecular weight excluding hydrogens is 280 g/mol. The van der Waals surface area contributed by atoms with Gasteiger partial charge in [-0.25, -0.2) is 0 Å². The molecule has 1 fully saturated rings. The van der Waals surface area contributed by atoms with Crippen molar-refractivity contribution in [3.63, 3.8) is 0 Å². The number of nitrogens with two attached hydrogens (primary N) is 1. The molecule has 1 aromatic rings. The number of fused-ring (bicyclic) bond motifs is 1. The monoisotopic (exact) mass is 300 g/mol. The molecule has 1 aliphatic carbocycles. The number of nitrogens with zero attached hydrogens (tertiary/aromatic N) is 1. The molecule has 1 unspecified atom stereocenters. The average Bonchev–Trinajstić information content (AvgIpc) is 2.86. The second-order valence-corrected chi connectivity index (χ2v) is 6.43. The van der Waals surface area contributed by atoms with Crippen molar-refractivity contribution in [2.24, 2.45) is 5.73 Å². The third-order valence-corrected chi connectivity index (χ3v) is 5.12. The van der Waals surface area contributed by atoms with Gasteiger partial charge in [-0.1, -0.05) is 0 Å². The van der Waals surface area contributed by atoms with Gasteiger partial charge in [0.2, 0.25) is 5.91 Å². The van der Waals surface area contributed by atoms with Crippen LogP contribution in [0.4, 0.5) is 0 Å². The van der Waals surface area contributed by atoms with Gasteiger partial charge in [0.15, 0.2) is 0 Å². The molecule has 1 aromatic heterocycles. The van der Waals surface area contributed by atoms with Crippen molar-refractivity contribution in [1.29, 1.82) is 0 Å². The van der Waals surface area contributed by atoms with E-state index >= 15 is 0 Å². The summed E-state index contributed by atoms with van der Waals surface area (Å²) in [4.78, 5) is 16.0. The van der Waals surface area contributed by atoms with Gasteiger partial charge in [-0.2, -0.15) is 0 Å². The van der Waals surface area contributed by atoms with Gasteiger partial charge in [0.1, 0.15) is 0 Å². The molecule has 0 saturated carbocycles. The summed E-state index contributed by atoms with van der Waals surface area (Å²) in [5.74, 6) is 0.412. The van der Waals surface area contributed by atoms with Gasteiger partial charge in [0, 0.05) is 24.0 Å². The Balaban J connectivity index is 0.00000133. The van der Waals surface area contributed by atoms with E-state index in [0.717, 1.165) is 45.2 Å². The molecule has 0 spiro atoms. The molecule has 2 aliphatic rings. The molecule has 106 valence electrons. The Bertz CT molecular complexity index is 448. The summed E-state index contributed by atoms with van der Waals surface area (Å²) in [6, 6.07) is 2.32. The zero-order valence-electron chi connectivity index (χ0n) is 11.0. The van der Waals surface area contributed by atoms with Crippen molar-refractivity contribution < 1.29 is 4.79 Å². The van der Waals surface area contributed by atoms with Gasteiger partial charge >= 0.3 is 0 Å². The largest absolute Gasteiger partial charge is 0.341 e. The third-order valence-electron chi connectivity index (χ3n) is 4.12. The number of hydrogen-bond donors (Lipinski definition) is 1. The maximum Gasteiger partial charge on any atom is 0.230 e. The lowest BCUT2D eigenvalue weighted by Gasteiger charge is -2.34. The maximum atomic E-state index is 12.6. The predicted octanol–water partition coefficient (Wildman–Crippen LogP) is 2.54. The summed E-state index contributed by atoms with van der Waals surface area (Å²) in [6.45, 7) is 1.64. The van der Waals surface area contributed by atoms with Crippen LogP contribution in [-0.2, 0) is 11.2 Å². The fourth-order valence-corrected chi connectivity index (χ4v) is 4.16. The van der Waals surface area contributed by atoms with Gasteiger partial charge in [0.05, 0.1) is 5.92 Å². The zero-order chi connectivity index (χ0) is 12.5. The highest BCUT2D eigenvalue weighted by Gasteiger charge is 2.32. The number of aryl methyl sites for hydroxylation is 1. The number of piperidine rings is 1. The van der Waals surface area contributed by atoms with E-state index in [-0.39, 0.29) is 24.4 Å². The van der Waals surface area contributed by atoms with Gasteiger partial charge in [-0.15, -0.1) is 23.7 Å². The molecule has 1 amide bonds. The van der Waals surface area contributed by atoms with E-state index in [9.17, 15) is 4.79 Å². The van der Waals surface area contributed by atoms with Crippen LogP contribution >= 0.6 is 23.7 Å². The number of hydrogen-bond acceptors (Lipinski definition) is 3. The van der Waals surface area contributed by atoms with Crippen LogP contribution in [-0.4, -0.2) is 29.9 Å². The molecule has 1 aliphatic heterocycles. The third kappa shape index (κ3) is 2.96. The van der Waals surface area contributed by atoms with Crippen molar-refractivity contribution >= 4 is 29.7 Å². The van der Waals surface area contributed by atoms with E-state index in [0.29, 0.717) is 5.91 Å². The van der Waals surface area contributed by atoms with Gasteiger partial charge in [-0.3, -0.25) is 4.79 Å². The summed E-state index contributed by atoms with van der Waals surface area (Å²) in [7, 11) is 0. The Hall–Kier alpha value is -0.580. The number of halogens is 1. The zero-order valence-corrected chi connectivity index (χ0v) is 12.6. The first-order valence-electron chi connectivity index (χ1n) is 6.86. The van der Waals surface area contributed by atoms with E-state index in [1.807, 2.05) is 4.90 Å². The SMILES string of the molecule is Cl.N[C@@H]1CCCN(C(=O)C2CCCc3sccc32)C1. The van der Waals surface area contributed by atoms with Gasteiger partial charge < -0.3 is 10.6 Å². The van der Waals surface area contributed by atoms with Crippen molar-refractivity contribution in [1.82, 2.24) is 4.90 Å². The number of amides is 1. The van der Waals surface area contributed by atoms with Crippen molar-refractivity contribution in [2.75, 3.05) is 13.1 Å². The normalized spacial score (nSPS) is 26.5. The Kier molecular flexibility index (Phi) is 4.87. The number of carbonyl (C=O) groups excluding carboxylic acids is 1. The Morgan fingerprint density at radius 1 is 1.37 bits per heavy atom. The smallest absolute Gasteiger partial charge is 0.230 e. The van der Waals surface area contributed by atoms with E-state index in [4.69, 9.17) is 5.73 Å². The molecule has 0 aromatic carbocycles. The standard InChI is InChI=1S/C14H20N2OS.ClH/c15-10-3-2-7-16(9-10)14(17)12-4-1-5-13-11(12)6-8-18-13;/h6,8,10,12H,1-5,7,9,15H2;1H/t10-,12?;/m1./s1. The van der Waals surface area contributed by atoms with Crippen molar-refractivity contribution in [3.8, 4) is 0 Å². The minimum atomic E-state index is 0. The quantitative estimate of drug-likeness (QED) is 0.866. The first-order valence-corrected chi connectivity index (χ1v) is 7.74. The van der Waals surface area contributed by atoms with Crippen LogP contribution in [0.1, 0.15) is 42.0 Å².